The highest BCUT2D eigenvalue weighted by molar-refractivity contribution is 5.91. The number of fused-ring (bicyclic) bond motifs is 1. The van der Waals surface area contributed by atoms with Crippen LogP contribution in [0.3, 0.4) is 0 Å². The summed E-state index contributed by atoms with van der Waals surface area (Å²) in [4.78, 5) is 14.1. The first-order valence-corrected chi connectivity index (χ1v) is 6.37. The minimum atomic E-state index is -0.0174. The van der Waals surface area contributed by atoms with E-state index in [1.807, 2.05) is 0 Å². The second-order valence-electron chi connectivity index (χ2n) is 5.24. The van der Waals surface area contributed by atoms with Gasteiger partial charge in [-0.25, -0.2) is 0 Å². The van der Waals surface area contributed by atoms with Crippen LogP contribution < -0.4 is 10.6 Å². The van der Waals surface area contributed by atoms with Crippen LogP contribution in [-0.2, 0) is 4.79 Å². The Morgan fingerprint density at radius 2 is 2.28 bits per heavy atom. The van der Waals surface area contributed by atoms with E-state index in [9.17, 15) is 4.79 Å². The molecule has 0 aliphatic carbocycles. The predicted octanol–water partition coefficient (Wildman–Crippen LogP) is 0.0727. The number of aryl methyl sites for hydroxylation is 1. The molecule has 6 nitrogen and oxygen atoms in total. The Hall–Kier alpha value is -1.40. The third-order valence-corrected chi connectivity index (χ3v) is 3.73. The summed E-state index contributed by atoms with van der Waals surface area (Å²) in [5.74, 6) is 2.61. The first-order chi connectivity index (χ1) is 8.70. The Balaban J connectivity index is 1.50. The Kier molecular flexibility index (Phi) is 3.05. The van der Waals surface area contributed by atoms with Crippen molar-refractivity contribution < 1.29 is 9.32 Å². The van der Waals surface area contributed by atoms with Crippen LogP contribution in [-0.4, -0.2) is 48.7 Å². The van der Waals surface area contributed by atoms with Crippen LogP contribution in [0.5, 0.6) is 0 Å². The molecule has 6 heteroatoms. The van der Waals surface area contributed by atoms with E-state index < -0.39 is 0 Å². The zero-order valence-electron chi connectivity index (χ0n) is 10.5. The van der Waals surface area contributed by atoms with E-state index in [1.54, 1.807) is 13.0 Å². The molecule has 2 atom stereocenters. The number of nitrogens with one attached hydrogen (secondary N) is 2. The third kappa shape index (κ3) is 2.39. The van der Waals surface area contributed by atoms with Crippen molar-refractivity contribution in [2.75, 3.05) is 38.0 Å². The van der Waals surface area contributed by atoms with Crippen LogP contribution in [0.2, 0.25) is 0 Å². The van der Waals surface area contributed by atoms with Gasteiger partial charge in [-0.2, -0.15) is 0 Å². The van der Waals surface area contributed by atoms with Gasteiger partial charge in [0.1, 0.15) is 5.76 Å². The molecule has 2 N–H and O–H groups in total. The fourth-order valence-electron chi connectivity index (χ4n) is 2.89. The lowest BCUT2D eigenvalue weighted by molar-refractivity contribution is -0.117. The average molecular weight is 250 g/mol. The van der Waals surface area contributed by atoms with E-state index >= 15 is 0 Å². The van der Waals surface area contributed by atoms with Crippen LogP contribution in [0.15, 0.2) is 10.6 Å². The summed E-state index contributed by atoms with van der Waals surface area (Å²) in [5, 5.41) is 9.90. The topological polar surface area (TPSA) is 70.4 Å². The molecule has 1 aromatic rings. The molecule has 3 heterocycles. The number of hydrogen-bond donors (Lipinski definition) is 2. The van der Waals surface area contributed by atoms with Gasteiger partial charge in [-0.05, 0) is 31.8 Å². The number of anilines is 1. The molecular weight excluding hydrogens is 232 g/mol. The second-order valence-corrected chi connectivity index (χ2v) is 5.24. The Morgan fingerprint density at radius 1 is 1.56 bits per heavy atom. The maximum absolute atomic E-state index is 11.8. The highest BCUT2D eigenvalue weighted by Gasteiger charge is 2.36. The number of amides is 1. The summed E-state index contributed by atoms with van der Waals surface area (Å²) in [5.41, 5.74) is 0. The zero-order valence-corrected chi connectivity index (χ0v) is 10.5. The number of hydrogen-bond acceptors (Lipinski definition) is 5. The normalized spacial score (nSPS) is 27.4. The minimum absolute atomic E-state index is 0.0174. The monoisotopic (exact) mass is 250 g/mol. The molecule has 0 radical (unpaired) electrons. The molecule has 0 spiro atoms. The number of carbonyl (C=O) groups excluding carboxylic acids is 1. The van der Waals surface area contributed by atoms with Crippen molar-refractivity contribution in [3.63, 3.8) is 0 Å². The van der Waals surface area contributed by atoms with Crippen LogP contribution in [0.25, 0.3) is 0 Å². The van der Waals surface area contributed by atoms with Gasteiger partial charge in [0.25, 0.3) is 0 Å². The number of rotatable bonds is 3. The maximum Gasteiger partial charge on any atom is 0.239 e. The van der Waals surface area contributed by atoms with Crippen LogP contribution >= 0.6 is 0 Å². The molecule has 2 fully saturated rings. The molecule has 2 aliphatic rings. The van der Waals surface area contributed by atoms with Crippen molar-refractivity contribution in [3.8, 4) is 0 Å². The SMILES string of the molecule is Cc1cc(NC(=O)CN2C[C@H]3CNC[C@H]3C2)no1. The summed E-state index contributed by atoms with van der Waals surface area (Å²) < 4.78 is 4.91. The van der Waals surface area contributed by atoms with Crippen LogP contribution in [0, 0.1) is 18.8 Å². The fourth-order valence-corrected chi connectivity index (χ4v) is 2.89. The van der Waals surface area contributed by atoms with Crippen molar-refractivity contribution in [1.29, 1.82) is 0 Å². The molecule has 0 bridgehead atoms. The lowest BCUT2D eigenvalue weighted by Crippen LogP contribution is -2.33. The molecule has 98 valence electrons. The Bertz CT molecular complexity index is 433. The average Bonchev–Trinajstić information content (AvgIpc) is 2.94. The van der Waals surface area contributed by atoms with Crippen molar-refractivity contribution in [2.24, 2.45) is 11.8 Å². The molecular formula is C12H18N4O2. The van der Waals surface area contributed by atoms with Crippen LogP contribution in [0.1, 0.15) is 5.76 Å². The standard InChI is InChI=1S/C12H18N4O2/c1-8-2-11(15-18-8)14-12(17)7-16-5-9-3-13-4-10(9)6-16/h2,9-10,13H,3-7H2,1H3,(H,14,15,17)/t9-,10+. The summed E-state index contributed by atoms with van der Waals surface area (Å²) in [7, 11) is 0. The van der Waals surface area contributed by atoms with E-state index in [0.29, 0.717) is 30.0 Å². The van der Waals surface area contributed by atoms with Gasteiger partial charge in [-0.3, -0.25) is 9.69 Å². The fraction of sp³-hybridized carbons (Fsp3) is 0.667. The first-order valence-electron chi connectivity index (χ1n) is 6.37. The number of nitrogens with zero attached hydrogens (tertiary/aromatic N) is 2. The van der Waals surface area contributed by atoms with Crippen molar-refractivity contribution >= 4 is 11.7 Å². The Morgan fingerprint density at radius 3 is 2.89 bits per heavy atom. The third-order valence-electron chi connectivity index (χ3n) is 3.73. The molecule has 1 aromatic heterocycles. The van der Waals surface area contributed by atoms with Gasteiger partial charge < -0.3 is 15.2 Å². The summed E-state index contributed by atoms with van der Waals surface area (Å²) in [6, 6.07) is 1.72. The summed E-state index contributed by atoms with van der Waals surface area (Å²) >= 11 is 0. The van der Waals surface area contributed by atoms with E-state index in [4.69, 9.17) is 4.52 Å². The molecule has 2 aliphatic heterocycles. The smallest absolute Gasteiger partial charge is 0.239 e. The minimum Gasteiger partial charge on any atom is -0.360 e. The van der Waals surface area contributed by atoms with Gasteiger partial charge in [0, 0.05) is 19.2 Å². The molecule has 3 rings (SSSR count). The van der Waals surface area contributed by atoms with Crippen molar-refractivity contribution in [1.82, 2.24) is 15.4 Å². The van der Waals surface area contributed by atoms with Gasteiger partial charge in [0.05, 0.1) is 6.54 Å². The molecule has 0 aromatic carbocycles. The van der Waals surface area contributed by atoms with E-state index in [1.165, 1.54) is 0 Å². The Labute approximate surface area is 106 Å². The number of likely N-dealkylation sites (tertiary alicyclic amines) is 1. The van der Waals surface area contributed by atoms with Gasteiger partial charge in [0.2, 0.25) is 5.91 Å². The van der Waals surface area contributed by atoms with Gasteiger partial charge in [0.15, 0.2) is 5.82 Å². The highest BCUT2D eigenvalue weighted by Crippen LogP contribution is 2.25. The van der Waals surface area contributed by atoms with Gasteiger partial charge in [-0.15, -0.1) is 0 Å². The first kappa shape index (κ1) is 11.7. The molecule has 2 saturated heterocycles. The van der Waals surface area contributed by atoms with Gasteiger partial charge >= 0.3 is 0 Å². The predicted molar refractivity (Wildman–Crippen MR) is 66.2 cm³/mol. The highest BCUT2D eigenvalue weighted by atomic mass is 16.5. The largest absolute Gasteiger partial charge is 0.360 e. The molecule has 0 unspecified atom stereocenters. The quantitative estimate of drug-likeness (QED) is 0.794. The number of aromatic nitrogens is 1. The lowest BCUT2D eigenvalue weighted by Gasteiger charge is -2.15. The molecule has 0 saturated carbocycles. The number of carbonyl (C=O) groups is 1. The van der Waals surface area contributed by atoms with Crippen molar-refractivity contribution in [2.45, 2.75) is 6.92 Å². The van der Waals surface area contributed by atoms with Gasteiger partial charge in [-0.1, -0.05) is 5.16 Å². The van der Waals surface area contributed by atoms with Crippen LogP contribution in [0.4, 0.5) is 5.82 Å². The molecule has 18 heavy (non-hydrogen) atoms. The van der Waals surface area contributed by atoms with E-state index in [2.05, 4.69) is 20.7 Å². The zero-order chi connectivity index (χ0) is 12.5. The van der Waals surface area contributed by atoms with E-state index in [-0.39, 0.29) is 5.91 Å². The second kappa shape index (κ2) is 4.70. The molecule has 1 amide bonds. The summed E-state index contributed by atoms with van der Waals surface area (Å²) in [6.45, 7) is 6.46. The van der Waals surface area contributed by atoms with Crippen molar-refractivity contribution in [3.05, 3.63) is 11.8 Å². The maximum atomic E-state index is 11.8. The van der Waals surface area contributed by atoms with E-state index in [0.717, 1.165) is 26.2 Å². The summed E-state index contributed by atoms with van der Waals surface area (Å²) in [6.07, 6.45) is 0. The lowest BCUT2D eigenvalue weighted by atomic mass is 10.0.